The average molecular weight is 268 g/mol. The fourth-order valence-corrected chi connectivity index (χ4v) is 3.53. The van der Waals surface area contributed by atoms with Gasteiger partial charge in [-0.25, -0.2) is 4.98 Å². The first-order chi connectivity index (χ1) is 8.41. The molecule has 0 amide bonds. The van der Waals surface area contributed by atoms with E-state index in [0.29, 0.717) is 6.10 Å². The maximum absolute atomic E-state index is 5.97. The Morgan fingerprint density at radius 2 is 2.17 bits per heavy atom. The van der Waals surface area contributed by atoms with Gasteiger partial charge in [0.2, 0.25) is 0 Å². The topological polar surface area (TPSA) is 34.2 Å². The van der Waals surface area contributed by atoms with Crippen LogP contribution in [0.25, 0.3) is 0 Å². The van der Waals surface area contributed by atoms with Crippen molar-refractivity contribution in [3.8, 4) is 0 Å². The molecule has 3 nitrogen and oxygen atoms in total. The van der Waals surface area contributed by atoms with Crippen molar-refractivity contribution in [1.29, 1.82) is 0 Å². The molecule has 0 aliphatic carbocycles. The Balaban J connectivity index is 2.15. The Bertz CT molecular complexity index is 397. The van der Waals surface area contributed by atoms with Gasteiger partial charge in [0.25, 0.3) is 0 Å². The fraction of sp³-hybridized carbons (Fsp3) is 0.786. The monoisotopic (exact) mass is 268 g/mol. The van der Waals surface area contributed by atoms with E-state index < -0.39 is 0 Å². The number of thiazole rings is 1. The van der Waals surface area contributed by atoms with Crippen LogP contribution in [-0.2, 0) is 10.2 Å². The molecule has 1 fully saturated rings. The molecular weight excluding hydrogens is 244 g/mol. The minimum atomic E-state index is 0.122. The van der Waals surface area contributed by atoms with Gasteiger partial charge in [-0.05, 0) is 26.8 Å². The van der Waals surface area contributed by atoms with Crippen molar-refractivity contribution in [2.75, 3.05) is 7.05 Å². The highest BCUT2D eigenvalue weighted by Crippen LogP contribution is 2.33. The quantitative estimate of drug-likeness (QED) is 0.913. The zero-order chi connectivity index (χ0) is 13.3. The van der Waals surface area contributed by atoms with E-state index in [1.54, 1.807) is 11.3 Å². The van der Waals surface area contributed by atoms with Crippen LogP contribution in [0, 0.1) is 0 Å². The number of nitrogens with zero attached hydrogens (tertiary/aromatic N) is 1. The number of nitrogens with one attached hydrogen (secondary N) is 1. The molecule has 0 bridgehead atoms. The van der Waals surface area contributed by atoms with Gasteiger partial charge in [-0.2, -0.15) is 0 Å². The molecule has 1 aliphatic heterocycles. The Morgan fingerprint density at radius 1 is 1.44 bits per heavy atom. The van der Waals surface area contributed by atoms with Gasteiger partial charge in [-0.3, -0.25) is 0 Å². The summed E-state index contributed by atoms with van der Waals surface area (Å²) in [4.78, 5) is 4.80. The lowest BCUT2D eigenvalue weighted by Gasteiger charge is -2.21. The Labute approximate surface area is 114 Å². The second-order valence-electron chi connectivity index (χ2n) is 6.15. The van der Waals surface area contributed by atoms with E-state index >= 15 is 0 Å². The van der Waals surface area contributed by atoms with E-state index in [9.17, 15) is 0 Å². The van der Waals surface area contributed by atoms with Crippen LogP contribution in [-0.4, -0.2) is 24.2 Å². The zero-order valence-corrected chi connectivity index (χ0v) is 12.8. The molecule has 0 spiro atoms. The third-order valence-electron chi connectivity index (χ3n) is 3.50. The molecule has 4 heteroatoms. The molecular formula is C14H24N2OS. The number of ether oxygens (including phenoxy) is 1. The van der Waals surface area contributed by atoms with E-state index in [1.807, 2.05) is 7.05 Å². The van der Waals surface area contributed by atoms with Crippen molar-refractivity contribution in [2.45, 2.75) is 64.2 Å². The molecule has 2 heterocycles. The summed E-state index contributed by atoms with van der Waals surface area (Å²) in [6.07, 6.45) is 2.93. The third-order valence-corrected chi connectivity index (χ3v) is 4.43. The lowest BCUT2D eigenvalue weighted by atomic mass is 9.93. The SMILES string of the molecule is CNC(c1nc(C(C)(C)C)cs1)C1CCC(C)O1. The minimum absolute atomic E-state index is 0.122. The molecule has 1 N–H and O–H groups in total. The average Bonchev–Trinajstić information content (AvgIpc) is 2.88. The molecule has 18 heavy (non-hydrogen) atoms. The first-order valence-electron chi connectivity index (χ1n) is 6.70. The predicted octanol–water partition coefficient (Wildman–Crippen LogP) is 3.27. The second kappa shape index (κ2) is 5.27. The van der Waals surface area contributed by atoms with Gasteiger partial charge in [0.15, 0.2) is 0 Å². The molecule has 3 atom stereocenters. The van der Waals surface area contributed by atoms with Crippen molar-refractivity contribution in [3.63, 3.8) is 0 Å². The summed E-state index contributed by atoms with van der Waals surface area (Å²) in [6.45, 7) is 8.76. The molecule has 3 unspecified atom stereocenters. The highest BCUT2D eigenvalue weighted by atomic mass is 32.1. The normalized spacial score (nSPS) is 26.5. The van der Waals surface area contributed by atoms with Crippen LogP contribution >= 0.6 is 11.3 Å². The fourth-order valence-electron chi connectivity index (χ4n) is 2.32. The third kappa shape index (κ3) is 2.92. The highest BCUT2D eigenvalue weighted by Gasteiger charge is 2.32. The molecule has 1 aliphatic rings. The van der Waals surface area contributed by atoms with Crippen molar-refractivity contribution >= 4 is 11.3 Å². The maximum atomic E-state index is 5.97. The van der Waals surface area contributed by atoms with Crippen molar-refractivity contribution in [2.24, 2.45) is 0 Å². The first kappa shape index (κ1) is 14.0. The van der Waals surface area contributed by atoms with Gasteiger partial charge in [0, 0.05) is 10.8 Å². The lowest BCUT2D eigenvalue weighted by molar-refractivity contribution is 0.0332. The summed E-state index contributed by atoms with van der Waals surface area (Å²) in [7, 11) is 2.00. The standard InChI is InChI=1S/C14H24N2OS/c1-9-6-7-10(17-9)12(15-5)13-16-11(8-18-13)14(2,3)4/h8-10,12,15H,6-7H2,1-5H3. The molecule has 0 aromatic carbocycles. The van der Waals surface area contributed by atoms with Crippen LogP contribution in [0.2, 0.25) is 0 Å². The van der Waals surface area contributed by atoms with Crippen LogP contribution in [0.5, 0.6) is 0 Å². The van der Waals surface area contributed by atoms with Crippen LogP contribution in [0.3, 0.4) is 0 Å². The van der Waals surface area contributed by atoms with E-state index in [2.05, 4.69) is 38.4 Å². The smallest absolute Gasteiger partial charge is 0.113 e. The summed E-state index contributed by atoms with van der Waals surface area (Å²) in [5.41, 5.74) is 1.30. The number of hydrogen-bond acceptors (Lipinski definition) is 4. The van der Waals surface area contributed by atoms with Gasteiger partial charge in [-0.1, -0.05) is 20.8 Å². The van der Waals surface area contributed by atoms with E-state index in [0.717, 1.165) is 17.8 Å². The minimum Gasteiger partial charge on any atom is -0.373 e. The van der Waals surface area contributed by atoms with Gasteiger partial charge >= 0.3 is 0 Å². The van der Waals surface area contributed by atoms with Crippen molar-refractivity contribution in [3.05, 3.63) is 16.1 Å². The van der Waals surface area contributed by atoms with Gasteiger partial charge in [0.05, 0.1) is 23.9 Å². The summed E-state index contributed by atoms with van der Waals surface area (Å²) >= 11 is 1.74. The molecule has 1 saturated heterocycles. The van der Waals surface area contributed by atoms with Gasteiger partial charge in [-0.15, -0.1) is 11.3 Å². The van der Waals surface area contributed by atoms with Gasteiger partial charge < -0.3 is 10.1 Å². The molecule has 1 aromatic rings. The molecule has 2 rings (SSSR count). The summed E-state index contributed by atoms with van der Waals surface area (Å²) < 4.78 is 5.97. The van der Waals surface area contributed by atoms with E-state index in [1.165, 1.54) is 5.69 Å². The Hall–Kier alpha value is -0.450. The van der Waals surface area contributed by atoms with Gasteiger partial charge in [0.1, 0.15) is 5.01 Å². The maximum Gasteiger partial charge on any atom is 0.113 e. The second-order valence-corrected chi connectivity index (χ2v) is 7.04. The Morgan fingerprint density at radius 3 is 2.61 bits per heavy atom. The predicted molar refractivity (Wildman–Crippen MR) is 76.2 cm³/mol. The van der Waals surface area contributed by atoms with Crippen molar-refractivity contribution < 1.29 is 4.74 Å². The largest absolute Gasteiger partial charge is 0.373 e. The molecule has 102 valence electrons. The first-order valence-corrected chi connectivity index (χ1v) is 7.58. The number of likely N-dealkylation sites (N-methyl/N-ethyl adjacent to an activating group) is 1. The van der Waals surface area contributed by atoms with Crippen LogP contribution in [0.1, 0.15) is 57.3 Å². The van der Waals surface area contributed by atoms with E-state index in [4.69, 9.17) is 9.72 Å². The summed E-state index contributed by atoms with van der Waals surface area (Å²) in [5.74, 6) is 0. The number of hydrogen-bond donors (Lipinski definition) is 1. The molecule has 1 aromatic heterocycles. The Kier molecular flexibility index (Phi) is 4.09. The number of aromatic nitrogens is 1. The van der Waals surface area contributed by atoms with Crippen LogP contribution in [0.4, 0.5) is 0 Å². The van der Waals surface area contributed by atoms with Crippen LogP contribution < -0.4 is 5.32 Å². The molecule has 0 radical (unpaired) electrons. The lowest BCUT2D eigenvalue weighted by Crippen LogP contribution is -2.29. The summed E-state index contributed by atoms with van der Waals surface area (Å²) in [5, 5.41) is 6.70. The highest BCUT2D eigenvalue weighted by molar-refractivity contribution is 7.09. The number of rotatable bonds is 3. The zero-order valence-electron chi connectivity index (χ0n) is 12.0. The van der Waals surface area contributed by atoms with E-state index in [-0.39, 0.29) is 17.6 Å². The van der Waals surface area contributed by atoms with Crippen LogP contribution in [0.15, 0.2) is 5.38 Å². The summed E-state index contributed by atoms with van der Waals surface area (Å²) in [6, 6.07) is 0.232. The van der Waals surface area contributed by atoms with Crippen molar-refractivity contribution in [1.82, 2.24) is 10.3 Å². The molecule has 0 saturated carbocycles.